The molecule has 4 unspecified atom stereocenters. The van der Waals surface area contributed by atoms with Crippen LogP contribution in [0.2, 0.25) is 0 Å². The number of ether oxygens (including phenoxy) is 4. The summed E-state index contributed by atoms with van der Waals surface area (Å²) in [6.45, 7) is -0.0516. The summed E-state index contributed by atoms with van der Waals surface area (Å²) < 4.78 is 21.6. The molecule has 7 nitrogen and oxygen atoms in total. The number of methoxy groups -OCH3 is 1. The van der Waals surface area contributed by atoms with Crippen molar-refractivity contribution in [2.24, 2.45) is 0 Å². The number of hydrogen-bond donors (Lipinski definition) is 1. The Balaban J connectivity index is 1.56. The van der Waals surface area contributed by atoms with E-state index in [9.17, 15) is 14.7 Å². The van der Waals surface area contributed by atoms with Crippen molar-refractivity contribution < 1.29 is 33.6 Å². The highest BCUT2D eigenvalue weighted by atomic mass is 16.7. The molecule has 2 aromatic carbocycles. The fourth-order valence-electron chi connectivity index (χ4n) is 2.93. The molecule has 0 bridgehead atoms. The van der Waals surface area contributed by atoms with Crippen LogP contribution in [0.1, 0.15) is 27.1 Å². The lowest BCUT2D eigenvalue weighted by Crippen LogP contribution is -2.52. The van der Waals surface area contributed by atoms with Gasteiger partial charge in [-0.25, -0.2) is 9.59 Å². The minimum Gasteiger partial charge on any atom is -0.459 e. The summed E-state index contributed by atoms with van der Waals surface area (Å²) in [7, 11) is 1.39. The van der Waals surface area contributed by atoms with Gasteiger partial charge in [0.1, 0.15) is 6.61 Å². The number of aliphatic hydroxyl groups is 1. The van der Waals surface area contributed by atoms with Crippen LogP contribution in [-0.2, 0) is 18.9 Å². The molecule has 0 spiro atoms. The topological polar surface area (TPSA) is 91.3 Å². The zero-order valence-corrected chi connectivity index (χ0v) is 15.4. The zero-order chi connectivity index (χ0) is 19.9. The van der Waals surface area contributed by atoms with Gasteiger partial charge in [0.15, 0.2) is 12.4 Å². The second kappa shape index (κ2) is 9.45. The number of carbonyl (C=O) groups is 2. The quantitative estimate of drug-likeness (QED) is 0.761. The van der Waals surface area contributed by atoms with Gasteiger partial charge in [0.05, 0.1) is 23.3 Å². The van der Waals surface area contributed by atoms with Crippen LogP contribution in [-0.4, -0.2) is 55.4 Å². The molecule has 0 saturated carbocycles. The molecule has 1 saturated heterocycles. The molecule has 7 heteroatoms. The molecule has 0 radical (unpaired) electrons. The SMILES string of the molecule is COC1OC(COC(=O)c2ccccc2)CC(O)C1OC(=O)c1ccccc1. The Morgan fingerprint density at radius 1 is 1.00 bits per heavy atom. The fourth-order valence-corrected chi connectivity index (χ4v) is 2.93. The van der Waals surface area contributed by atoms with Gasteiger partial charge >= 0.3 is 11.9 Å². The number of esters is 2. The van der Waals surface area contributed by atoms with Gasteiger partial charge in [-0.1, -0.05) is 36.4 Å². The number of carbonyl (C=O) groups excluding carboxylic acids is 2. The van der Waals surface area contributed by atoms with Crippen molar-refractivity contribution in [3.63, 3.8) is 0 Å². The predicted octanol–water partition coefficient (Wildman–Crippen LogP) is 2.19. The Bertz CT molecular complexity index is 778. The molecule has 28 heavy (non-hydrogen) atoms. The van der Waals surface area contributed by atoms with Gasteiger partial charge in [0.25, 0.3) is 0 Å². The Hall–Kier alpha value is -2.74. The Morgan fingerprint density at radius 3 is 2.14 bits per heavy atom. The largest absolute Gasteiger partial charge is 0.459 e. The van der Waals surface area contributed by atoms with Crippen molar-refractivity contribution in [3.05, 3.63) is 71.8 Å². The van der Waals surface area contributed by atoms with E-state index in [4.69, 9.17) is 18.9 Å². The van der Waals surface area contributed by atoms with Crippen molar-refractivity contribution in [1.82, 2.24) is 0 Å². The maximum absolute atomic E-state index is 12.3. The van der Waals surface area contributed by atoms with Gasteiger partial charge < -0.3 is 24.1 Å². The van der Waals surface area contributed by atoms with Crippen LogP contribution in [0.3, 0.4) is 0 Å². The molecule has 4 atom stereocenters. The molecular weight excluding hydrogens is 364 g/mol. The van der Waals surface area contributed by atoms with Gasteiger partial charge in [0.2, 0.25) is 0 Å². The monoisotopic (exact) mass is 386 g/mol. The van der Waals surface area contributed by atoms with Crippen LogP contribution < -0.4 is 0 Å². The minimum atomic E-state index is -1.02. The van der Waals surface area contributed by atoms with Gasteiger partial charge in [-0.2, -0.15) is 0 Å². The molecule has 1 aliphatic rings. The lowest BCUT2D eigenvalue weighted by Gasteiger charge is -2.37. The molecular formula is C21H22O7. The molecule has 1 aliphatic heterocycles. The first-order valence-electron chi connectivity index (χ1n) is 8.93. The maximum Gasteiger partial charge on any atom is 0.338 e. The van der Waals surface area contributed by atoms with E-state index in [1.165, 1.54) is 7.11 Å². The molecule has 2 aromatic rings. The second-order valence-corrected chi connectivity index (χ2v) is 6.37. The first-order valence-corrected chi connectivity index (χ1v) is 8.93. The number of rotatable bonds is 6. The van der Waals surface area contributed by atoms with Crippen LogP contribution in [0, 0.1) is 0 Å². The highest BCUT2D eigenvalue weighted by Gasteiger charge is 2.41. The number of benzene rings is 2. The summed E-state index contributed by atoms with van der Waals surface area (Å²) in [6.07, 6.45) is -3.43. The average molecular weight is 386 g/mol. The third kappa shape index (κ3) is 4.95. The third-order valence-electron chi connectivity index (χ3n) is 4.37. The van der Waals surface area contributed by atoms with E-state index in [0.29, 0.717) is 11.1 Å². The standard InChI is InChI=1S/C21H22O7/c1-25-21-18(28-20(24)15-10-6-3-7-11-15)17(22)12-16(27-21)13-26-19(23)14-8-4-2-5-9-14/h2-11,16-18,21-22H,12-13H2,1H3. The third-order valence-corrected chi connectivity index (χ3v) is 4.37. The lowest BCUT2D eigenvalue weighted by molar-refractivity contribution is -0.261. The molecule has 0 aliphatic carbocycles. The van der Waals surface area contributed by atoms with E-state index in [1.807, 2.05) is 0 Å². The van der Waals surface area contributed by atoms with Gasteiger partial charge in [-0.3, -0.25) is 0 Å². The molecule has 0 aromatic heterocycles. The molecule has 148 valence electrons. The summed E-state index contributed by atoms with van der Waals surface area (Å²) >= 11 is 0. The van der Waals surface area contributed by atoms with Crippen molar-refractivity contribution in [2.45, 2.75) is 31.0 Å². The van der Waals surface area contributed by atoms with Gasteiger partial charge in [-0.15, -0.1) is 0 Å². The highest BCUT2D eigenvalue weighted by molar-refractivity contribution is 5.89. The maximum atomic E-state index is 12.3. The lowest BCUT2D eigenvalue weighted by atomic mass is 10.0. The normalized spacial score (nSPS) is 24.4. The summed E-state index contributed by atoms with van der Waals surface area (Å²) in [5.41, 5.74) is 0.792. The van der Waals surface area contributed by atoms with Crippen LogP contribution in [0.25, 0.3) is 0 Å². The Labute approximate surface area is 162 Å². The van der Waals surface area contributed by atoms with Crippen molar-refractivity contribution in [3.8, 4) is 0 Å². The summed E-state index contributed by atoms with van der Waals surface area (Å²) in [5, 5.41) is 10.4. The van der Waals surface area contributed by atoms with E-state index in [2.05, 4.69) is 0 Å². The first-order chi connectivity index (χ1) is 13.6. The number of aliphatic hydroxyl groups excluding tert-OH is 1. The van der Waals surface area contributed by atoms with Gasteiger partial charge in [-0.05, 0) is 24.3 Å². The predicted molar refractivity (Wildman–Crippen MR) is 98.7 cm³/mol. The number of hydrogen-bond acceptors (Lipinski definition) is 7. The van der Waals surface area contributed by atoms with Crippen molar-refractivity contribution >= 4 is 11.9 Å². The van der Waals surface area contributed by atoms with E-state index in [0.717, 1.165) is 0 Å². The van der Waals surface area contributed by atoms with Gasteiger partial charge in [0, 0.05) is 13.5 Å². The Morgan fingerprint density at radius 2 is 1.57 bits per heavy atom. The smallest absolute Gasteiger partial charge is 0.338 e. The van der Waals surface area contributed by atoms with Crippen LogP contribution >= 0.6 is 0 Å². The van der Waals surface area contributed by atoms with E-state index >= 15 is 0 Å². The summed E-state index contributed by atoms with van der Waals surface area (Å²) in [4.78, 5) is 24.3. The molecule has 0 amide bonds. The summed E-state index contributed by atoms with van der Waals surface area (Å²) in [5.74, 6) is -1.06. The zero-order valence-electron chi connectivity index (χ0n) is 15.4. The van der Waals surface area contributed by atoms with E-state index < -0.39 is 36.5 Å². The van der Waals surface area contributed by atoms with E-state index in [1.54, 1.807) is 60.7 Å². The summed E-state index contributed by atoms with van der Waals surface area (Å²) in [6, 6.07) is 17.0. The first kappa shape index (κ1) is 20.0. The average Bonchev–Trinajstić information content (AvgIpc) is 2.74. The highest BCUT2D eigenvalue weighted by Crippen LogP contribution is 2.25. The minimum absolute atomic E-state index is 0.0516. The molecule has 3 rings (SSSR count). The van der Waals surface area contributed by atoms with Crippen molar-refractivity contribution in [1.29, 1.82) is 0 Å². The molecule has 1 fully saturated rings. The molecule has 1 N–H and O–H groups in total. The van der Waals surface area contributed by atoms with Crippen LogP contribution in [0.15, 0.2) is 60.7 Å². The van der Waals surface area contributed by atoms with Crippen LogP contribution in [0.5, 0.6) is 0 Å². The van der Waals surface area contributed by atoms with E-state index in [-0.39, 0.29) is 13.0 Å². The second-order valence-electron chi connectivity index (χ2n) is 6.37. The molecule has 1 heterocycles. The fraction of sp³-hybridized carbons (Fsp3) is 0.333. The van der Waals surface area contributed by atoms with Crippen LogP contribution in [0.4, 0.5) is 0 Å². The van der Waals surface area contributed by atoms with Crippen molar-refractivity contribution in [2.75, 3.05) is 13.7 Å². The Kier molecular flexibility index (Phi) is 6.76.